The molecule has 3 aliphatic rings. The van der Waals surface area contributed by atoms with E-state index in [4.69, 9.17) is 4.74 Å². The van der Waals surface area contributed by atoms with Crippen molar-refractivity contribution in [3.8, 4) is 22.8 Å². The number of carbonyl (C=O) groups is 1. The second-order valence-corrected chi connectivity index (χ2v) is 12.0. The minimum absolute atomic E-state index is 0.0922. The van der Waals surface area contributed by atoms with Crippen molar-refractivity contribution >= 4 is 11.7 Å². The number of rotatable bonds is 10. The summed E-state index contributed by atoms with van der Waals surface area (Å²) in [6.45, 7) is 8.13. The molecular formula is C30H37FN8O2. The van der Waals surface area contributed by atoms with Crippen LogP contribution in [-0.2, 0) is 4.79 Å². The molecule has 1 amide bonds. The first kappa shape index (κ1) is 27.4. The van der Waals surface area contributed by atoms with Gasteiger partial charge in [-0.1, -0.05) is 13.8 Å². The Hall–Kier alpha value is -3.73. The molecular weight excluding hydrogens is 523 g/mol. The SMILES string of the molecule is CNC(=O)CC[C@@H](C(C)C)N1CC2(CCN(c3ncnnc3Oc3ccc(F)cc3-c3cncnc3C3CC3)C2)C1. The summed E-state index contributed by atoms with van der Waals surface area (Å²) in [6.07, 6.45) is 9.28. The van der Waals surface area contributed by atoms with Crippen molar-refractivity contribution < 1.29 is 13.9 Å². The molecule has 4 heterocycles. The standard InChI is InChI=1S/C30H37FN8O2/c1-19(2)24(7-9-26(40)32-3)39-15-30(16-39)10-11-38(14-30)28-29(37-36-18-35-28)41-25-8-6-21(31)12-22(25)23-13-33-17-34-27(23)20-4-5-20/h6,8,12-13,17-20,24H,4-5,7,9-11,14-16H2,1-3H3,(H,32,40)/t24-/m0/s1. The molecule has 1 atom stereocenters. The maximum atomic E-state index is 14.5. The maximum Gasteiger partial charge on any atom is 0.282 e. The molecule has 1 N–H and O–H groups in total. The molecule has 2 aromatic heterocycles. The minimum atomic E-state index is -0.360. The number of hydrogen-bond acceptors (Lipinski definition) is 9. The monoisotopic (exact) mass is 560 g/mol. The molecule has 6 rings (SSSR count). The minimum Gasteiger partial charge on any atom is -0.434 e. The summed E-state index contributed by atoms with van der Waals surface area (Å²) >= 11 is 0. The van der Waals surface area contributed by atoms with Gasteiger partial charge in [0.15, 0.2) is 5.82 Å². The van der Waals surface area contributed by atoms with Gasteiger partial charge in [-0.25, -0.2) is 19.3 Å². The lowest BCUT2D eigenvalue weighted by Gasteiger charge is -2.52. The van der Waals surface area contributed by atoms with Crippen molar-refractivity contribution in [3.05, 3.63) is 48.6 Å². The van der Waals surface area contributed by atoms with E-state index in [0.717, 1.165) is 63.1 Å². The lowest BCUT2D eigenvalue weighted by molar-refractivity contribution is -0.121. The summed E-state index contributed by atoms with van der Waals surface area (Å²) in [5, 5.41) is 11.0. The van der Waals surface area contributed by atoms with Gasteiger partial charge in [-0.15, -0.1) is 10.2 Å². The van der Waals surface area contributed by atoms with Crippen LogP contribution in [-0.4, -0.2) is 75.2 Å². The van der Waals surface area contributed by atoms with E-state index in [1.807, 2.05) is 0 Å². The molecule has 2 aliphatic heterocycles. The highest BCUT2D eigenvalue weighted by molar-refractivity contribution is 5.75. The van der Waals surface area contributed by atoms with Crippen LogP contribution in [0.1, 0.15) is 57.6 Å². The topological polar surface area (TPSA) is 109 Å². The lowest BCUT2D eigenvalue weighted by atomic mass is 9.76. The maximum absolute atomic E-state index is 14.5. The van der Waals surface area contributed by atoms with Crippen LogP contribution in [0.2, 0.25) is 0 Å². The number of carbonyl (C=O) groups excluding carboxylic acids is 1. The first-order valence-electron chi connectivity index (χ1n) is 14.5. The largest absolute Gasteiger partial charge is 0.434 e. The van der Waals surface area contributed by atoms with Gasteiger partial charge in [0.1, 0.15) is 24.2 Å². The summed E-state index contributed by atoms with van der Waals surface area (Å²) in [5.41, 5.74) is 2.45. The van der Waals surface area contributed by atoms with Crippen molar-refractivity contribution in [2.45, 2.75) is 57.9 Å². The van der Waals surface area contributed by atoms with Crippen LogP contribution in [0.15, 0.2) is 37.1 Å². The smallest absolute Gasteiger partial charge is 0.282 e. The summed E-state index contributed by atoms with van der Waals surface area (Å²) in [7, 11) is 1.69. The highest BCUT2D eigenvalue weighted by atomic mass is 19.1. The molecule has 3 aromatic rings. The predicted octanol–water partition coefficient (Wildman–Crippen LogP) is 4.20. The van der Waals surface area contributed by atoms with Gasteiger partial charge < -0.3 is 15.0 Å². The van der Waals surface area contributed by atoms with E-state index in [1.165, 1.54) is 24.8 Å². The van der Waals surface area contributed by atoms with Gasteiger partial charge in [0.05, 0.1) is 5.69 Å². The zero-order chi connectivity index (χ0) is 28.6. The average Bonchev–Trinajstić information content (AvgIpc) is 3.71. The molecule has 0 bridgehead atoms. The number of hydrogen-bond donors (Lipinski definition) is 1. The predicted molar refractivity (Wildman–Crippen MR) is 152 cm³/mol. The van der Waals surface area contributed by atoms with Crippen molar-refractivity contribution in [1.29, 1.82) is 0 Å². The van der Waals surface area contributed by atoms with Crippen molar-refractivity contribution in [1.82, 2.24) is 35.4 Å². The average molecular weight is 561 g/mol. The Kier molecular flexibility index (Phi) is 7.54. The molecule has 1 spiro atoms. The number of anilines is 1. The third kappa shape index (κ3) is 5.72. The molecule has 0 radical (unpaired) electrons. The van der Waals surface area contributed by atoms with Crippen LogP contribution in [0.4, 0.5) is 10.2 Å². The number of benzene rings is 1. The van der Waals surface area contributed by atoms with Gasteiger partial charge in [-0.05, 0) is 49.8 Å². The van der Waals surface area contributed by atoms with E-state index in [1.54, 1.807) is 19.3 Å². The van der Waals surface area contributed by atoms with E-state index < -0.39 is 0 Å². The Morgan fingerprint density at radius 1 is 1.17 bits per heavy atom. The number of amides is 1. The molecule has 0 unspecified atom stereocenters. The summed E-state index contributed by atoms with van der Waals surface area (Å²) in [5.74, 6) is 1.96. The number of nitrogens with zero attached hydrogens (tertiary/aromatic N) is 7. The van der Waals surface area contributed by atoms with E-state index >= 15 is 0 Å². The molecule has 3 fully saturated rings. The van der Waals surface area contributed by atoms with Gasteiger partial charge in [0.25, 0.3) is 5.88 Å². The second-order valence-electron chi connectivity index (χ2n) is 12.0. The Labute approximate surface area is 239 Å². The molecule has 1 saturated carbocycles. The van der Waals surface area contributed by atoms with Crippen LogP contribution in [0.5, 0.6) is 11.6 Å². The van der Waals surface area contributed by atoms with Gasteiger partial charge in [-0.2, -0.15) is 0 Å². The molecule has 216 valence electrons. The van der Waals surface area contributed by atoms with Gasteiger partial charge in [0.2, 0.25) is 5.91 Å². The molecule has 41 heavy (non-hydrogen) atoms. The molecule has 10 nitrogen and oxygen atoms in total. The Morgan fingerprint density at radius 3 is 2.76 bits per heavy atom. The fourth-order valence-electron chi connectivity index (χ4n) is 6.44. The summed E-state index contributed by atoms with van der Waals surface area (Å²) < 4.78 is 20.8. The van der Waals surface area contributed by atoms with E-state index in [0.29, 0.717) is 47.3 Å². The zero-order valence-corrected chi connectivity index (χ0v) is 23.9. The van der Waals surface area contributed by atoms with Crippen LogP contribution >= 0.6 is 0 Å². The van der Waals surface area contributed by atoms with Gasteiger partial charge >= 0.3 is 0 Å². The first-order chi connectivity index (χ1) is 19.9. The summed E-state index contributed by atoms with van der Waals surface area (Å²) in [4.78, 5) is 29.9. The summed E-state index contributed by atoms with van der Waals surface area (Å²) in [6, 6.07) is 4.84. The van der Waals surface area contributed by atoms with E-state index in [2.05, 4.69) is 54.1 Å². The number of halogens is 1. The van der Waals surface area contributed by atoms with Crippen molar-refractivity contribution in [3.63, 3.8) is 0 Å². The Bertz CT molecular complexity index is 1410. The zero-order valence-electron chi connectivity index (χ0n) is 23.9. The third-order valence-electron chi connectivity index (χ3n) is 8.72. The van der Waals surface area contributed by atoms with Crippen LogP contribution in [0.25, 0.3) is 11.1 Å². The molecule has 11 heteroatoms. The highest BCUT2D eigenvalue weighted by Crippen LogP contribution is 2.47. The van der Waals surface area contributed by atoms with E-state index in [-0.39, 0.29) is 17.1 Å². The second kappa shape index (κ2) is 11.3. The number of ether oxygens (including phenoxy) is 1. The third-order valence-corrected chi connectivity index (χ3v) is 8.72. The lowest BCUT2D eigenvalue weighted by Crippen LogP contribution is -2.62. The number of likely N-dealkylation sites (tertiary alicyclic amines) is 1. The van der Waals surface area contributed by atoms with E-state index in [9.17, 15) is 9.18 Å². The fraction of sp³-hybridized carbons (Fsp3) is 0.533. The fourth-order valence-corrected chi connectivity index (χ4v) is 6.44. The quantitative estimate of drug-likeness (QED) is 0.390. The van der Waals surface area contributed by atoms with Gasteiger partial charge in [-0.3, -0.25) is 9.69 Å². The van der Waals surface area contributed by atoms with Crippen LogP contribution < -0.4 is 15.0 Å². The van der Waals surface area contributed by atoms with Crippen LogP contribution in [0, 0.1) is 17.2 Å². The number of aromatic nitrogens is 5. The normalized spacial score (nSPS) is 18.9. The van der Waals surface area contributed by atoms with Crippen molar-refractivity contribution in [2.75, 3.05) is 38.1 Å². The van der Waals surface area contributed by atoms with Crippen molar-refractivity contribution in [2.24, 2.45) is 11.3 Å². The molecule has 1 aliphatic carbocycles. The Morgan fingerprint density at radius 2 is 2.00 bits per heavy atom. The molecule has 2 saturated heterocycles. The molecule has 1 aromatic carbocycles. The first-order valence-corrected chi connectivity index (χ1v) is 14.5. The van der Waals surface area contributed by atoms with Crippen LogP contribution in [0.3, 0.4) is 0 Å². The Balaban J connectivity index is 1.19. The highest BCUT2D eigenvalue weighted by Gasteiger charge is 2.50. The van der Waals surface area contributed by atoms with Gasteiger partial charge in [0, 0.05) is 74.3 Å². The number of nitrogens with one attached hydrogen (secondary N) is 1.